The highest BCUT2D eigenvalue weighted by molar-refractivity contribution is 7.22. The van der Waals surface area contributed by atoms with E-state index in [1.165, 1.54) is 11.3 Å². The number of amides is 1. The van der Waals surface area contributed by atoms with E-state index >= 15 is 0 Å². The van der Waals surface area contributed by atoms with E-state index in [-0.39, 0.29) is 5.91 Å². The maximum absolute atomic E-state index is 13.0. The number of carbonyl (C=O) groups is 1. The molecule has 1 amide bonds. The Kier molecular flexibility index (Phi) is 3.43. The number of nitrogens with two attached hydrogens (primary N) is 1. The van der Waals surface area contributed by atoms with Crippen LogP contribution >= 0.6 is 11.3 Å². The molecule has 0 radical (unpaired) electrons. The maximum atomic E-state index is 13.0. The largest absolute Gasteiger partial charge is 0.375 e. The predicted octanol–water partition coefficient (Wildman–Crippen LogP) is 1.99. The molecule has 24 heavy (non-hydrogen) atoms. The van der Waals surface area contributed by atoms with Crippen molar-refractivity contribution in [3.8, 4) is 6.07 Å². The summed E-state index contributed by atoms with van der Waals surface area (Å²) in [6.07, 6.45) is 0.798. The van der Waals surface area contributed by atoms with Gasteiger partial charge in [-0.15, -0.1) is 0 Å². The van der Waals surface area contributed by atoms with Gasteiger partial charge in [0, 0.05) is 13.1 Å². The summed E-state index contributed by atoms with van der Waals surface area (Å²) in [4.78, 5) is 19.1. The van der Waals surface area contributed by atoms with Crippen molar-refractivity contribution >= 4 is 32.6 Å². The number of hydrogen-bond acceptors (Lipinski definition) is 6. The smallest absolute Gasteiger partial charge is 0.255 e. The normalized spacial score (nSPS) is 14.2. The summed E-state index contributed by atoms with van der Waals surface area (Å²) in [6.45, 7) is 1.80. The molecule has 1 aromatic carbocycles. The van der Waals surface area contributed by atoms with Crippen LogP contribution in [0, 0.1) is 11.3 Å². The molecule has 2 N–H and O–H groups in total. The Hall–Kier alpha value is -2.92. The number of aryl methyl sites for hydroxylation is 1. The van der Waals surface area contributed by atoms with E-state index in [1.54, 1.807) is 11.0 Å². The number of nitrogens with zero attached hydrogens (tertiary/aromatic N) is 5. The first-order valence-corrected chi connectivity index (χ1v) is 8.38. The Morgan fingerprint density at radius 3 is 3.08 bits per heavy atom. The summed E-state index contributed by atoms with van der Waals surface area (Å²) < 4.78 is 2.63. The molecule has 120 valence electrons. The first-order valence-electron chi connectivity index (χ1n) is 7.57. The first kappa shape index (κ1) is 14.7. The highest BCUT2D eigenvalue weighted by Crippen LogP contribution is 2.28. The molecule has 3 aromatic rings. The van der Waals surface area contributed by atoms with Crippen LogP contribution in [-0.4, -0.2) is 32.1 Å². The van der Waals surface area contributed by atoms with E-state index in [9.17, 15) is 4.79 Å². The number of rotatable bonds is 1. The second-order valence-corrected chi connectivity index (χ2v) is 6.67. The number of anilines is 1. The van der Waals surface area contributed by atoms with Gasteiger partial charge in [-0.3, -0.25) is 9.48 Å². The van der Waals surface area contributed by atoms with Gasteiger partial charge in [0.15, 0.2) is 10.8 Å². The Bertz CT molecular complexity index is 982. The van der Waals surface area contributed by atoms with E-state index in [0.717, 1.165) is 22.3 Å². The van der Waals surface area contributed by atoms with Crippen LogP contribution in [0.15, 0.2) is 24.3 Å². The molecule has 0 spiro atoms. The summed E-state index contributed by atoms with van der Waals surface area (Å²) in [5.41, 5.74) is 8.42. The molecule has 7 nitrogen and oxygen atoms in total. The zero-order chi connectivity index (χ0) is 16.7. The van der Waals surface area contributed by atoms with Crippen LogP contribution in [0.3, 0.4) is 0 Å². The zero-order valence-electron chi connectivity index (χ0n) is 12.8. The van der Waals surface area contributed by atoms with Crippen molar-refractivity contribution in [2.24, 2.45) is 0 Å². The van der Waals surface area contributed by atoms with Crippen molar-refractivity contribution < 1.29 is 4.79 Å². The number of benzene rings is 1. The third-order valence-electron chi connectivity index (χ3n) is 4.08. The highest BCUT2D eigenvalue weighted by Gasteiger charge is 2.23. The van der Waals surface area contributed by atoms with Gasteiger partial charge in [0.1, 0.15) is 6.07 Å². The van der Waals surface area contributed by atoms with Gasteiger partial charge in [0.05, 0.1) is 28.0 Å². The summed E-state index contributed by atoms with van der Waals surface area (Å²) in [7, 11) is 0. The fourth-order valence-corrected chi connectivity index (χ4v) is 3.83. The van der Waals surface area contributed by atoms with Gasteiger partial charge in [0.2, 0.25) is 0 Å². The van der Waals surface area contributed by atoms with Crippen molar-refractivity contribution in [1.82, 2.24) is 19.7 Å². The van der Waals surface area contributed by atoms with Crippen LogP contribution in [0.4, 0.5) is 5.13 Å². The van der Waals surface area contributed by atoms with Gasteiger partial charge in [-0.2, -0.15) is 10.4 Å². The molecule has 0 saturated heterocycles. The van der Waals surface area contributed by atoms with Crippen LogP contribution in [0.5, 0.6) is 0 Å². The molecule has 4 rings (SSSR count). The van der Waals surface area contributed by atoms with E-state index in [2.05, 4.69) is 16.2 Å². The highest BCUT2D eigenvalue weighted by atomic mass is 32.1. The minimum Gasteiger partial charge on any atom is -0.375 e. The molecule has 0 bridgehead atoms. The van der Waals surface area contributed by atoms with Gasteiger partial charge in [-0.25, -0.2) is 4.98 Å². The lowest BCUT2D eigenvalue weighted by Crippen LogP contribution is -2.30. The second-order valence-electron chi connectivity index (χ2n) is 5.64. The fourth-order valence-electron chi connectivity index (χ4n) is 3.00. The molecule has 2 aromatic heterocycles. The minimum absolute atomic E-state index is 0.0441. The van der Waals surface area contributed by atoms with Crippen LogP contribution < -0.4 is 5.73 Å². The van der Waals surface area contributed by atoms with Crippen LogP contribution in [-0.2, 0) is 13.1 Å². The Morgan fingerprint density at radius 1 is 1.38 bits per heavy atom. The average Bonchev–Trinajstić information content (AvgIpc) is 3.09. The summed E-state index contributed by atoms with van der Waals surface area (Å²) in [5.74, 6) is -0.0441. The van der Waals surface area contributed by atoms with Gasteiger partial charge in [0.25, 0.3) is 5.91 Å². The SMILES string of the molecule is N#Cc1cc2n(n1)CCCN(C(=O)c1cccc3nc(N)sc13)C2. The van der Waals surface area contributed by atoms with Crippen molar-refractivity contribution in [3.63, 3.8) is 0 Å². The molecule has 0 fully saturated rings. The number of aromatic nitrogens is 3. The number of fused-ring (bicyclic) bond motifs is 2. The monoisotopic (exact) mass is 338 g/mol. The van der Waals surface area contributed by atoms with E-state index < -0.39 is 0 Å². The molecule has 1 aliphatic heterocycles. The lowest BCUT2D eigenvalue weighted by Gasteiger charge is -2.20. The lowest BCUT2D eigenvalue weighted by atomic mass is 10.1. The lowest BCUT2D eigenvalue weighted by molar-refractivity contribution is 0.0748. The van der Waals surface area contributed by atoms with Gasteiger partial charge < -0.3 is 10.6 Å². The van der Waals surface area contributed by atoms with Crippen LogP contribution in [0.1, 0.15) is 28.2 Å². The fraction of sp³-hybridized carbons (Fsp3) is 0.250. The molecule has 0 unspecified atom stereocenters. The maximum Gasteiger partial charge on any atom is 0.255 e. The predicted molar refractivity (Wildman–Crippen MR) is 90.3 cm³/mol. The van der Waals surface area contributed by atoms with Crippen molar-refractivity contribution in [2.45, 2.75) is 19.5 Å². The molecular formula is C16H14N6OS. The molecule has 0 aliphatic carbocycles. The molecule has 3 heterocycles. The van der Waals surface area contributed by atoms with Crippen molar-refractivity contribution in [2.75, 3.05) is 12.3 Å². The molecular weight excluding hydrogens is 324 g/mol. The quantitative estimate of drug-likeness (QED) is 0.731. The van der Waals surface area contributed by atoms with Gasteiger partial charge in [-0.05, 0) is 24.6 Å². The first-order chi connectivity index (χ1) is 11.7. The standard InChI is InChI=1S/C16H14N6OS/c17-8-10-7-11-9-21(5-2-6-22(11)20-10)15(23)12-3-1-4-13-14(12)24-16(18)19-13/h1,3-4,7H,2,5-6,9H2,(H2,18,19). The van der Waals surface area contributed by atoms with Gasteiger partial charge >= 0.3 is 0 Å². The van der Waals surface area contributed by atoms with E-state index in [1.807, 2.05) is 22.9 Å². The summed E-state index contributed by atoms with van der Waals surface area (Å²) in [5, 5.41) is 13.7. The Labute approximate surface area is 141 Å². The van der Waals surface area contributed by atoms with Crippen molar-refractivity contribution in [3.05, 3.63) is 41.2 Å². The molecule has 8 heteroatoms. The number of nitriles is 1. The Balaban J connectivity index is 1.69. The second kappa shape index (κ2) is 5.62. The number of thiazole rings is 1. The number of nitrogen functional groups attached to an aromatic ring is 1. The number of carbonyl (C=O) groups excluding carboxylic acids is 1. The average molecular weight is 338 g/mol. The molecule has 1 aliphatic rings. The topological polar surface area (TPSA) is 101 Å². The Morgan fingerprint density at radius 2 is 2.25 bits per heavy atom. The van der Waals surface area contributed by atoms with Crippen LogP contribution in [0.2, 0.25) is 0 Å². The molecule has 0 atom stereocenters. The summed E-state index contributed by atoms with van der Waals surface area (Å²) in [6, 6.07) is 9.29. The zero-order valence-corrected chi connectivity index (χ0v) is 13.6. The third-order valence-corrected chi connectivity index (χ3v) is 5.01. The number of hydrogen-bond donors (Lipinski definition) is 1. The van der Waals surface area contributed by atoms with E-state index in [0.29, 0.717) is 36.0 Å². The molecule has 0 saturated carbocycles. The third kappa shape index (κ3) is 2.39. The van der Waals surface area contributed by atoms with E-state index in [4.69, 9.17) is 11.0 Å². The van der Waals surface area contributed by atoms with Gasteiger partial charge in [-0.1, -0.05) is 17.4 Å². The summed E-state index contributed by atoms with van der Waals surface area (Å²) >= 11 is 1.33. The van der Waals surface area contributed by atoms with Crippen molar-refractivity contribution in [1.29, 1.82) is 5.26 Å². The van der Waals surface area contributed by atoms with Crippen LogP contribution in [0.25, 0.3) is 10.2 Å². The minimum atomic E-state index is -0.0441.